The molecule has 0 bridgehead atoms. The van der Waals surface area contributed by atoms with Crippen molar-refractivity contribution in [2.45, 2.75) is 33.1 Å². The molecule has 0 saturated carbocycles. The molecule has 0 unspecified atom stereocenters. The minimum absolute atomic E-state index is 0. The molecule has 0 aliphatic heterocycles. The van der Waals surface area contributed by atoms with Crippen molar-refractivity contribution in [3.8, 4) is 0 Å². The van der Waals surface area contributed by atoms with Gasteiger partial charge < -0.3 is 33.5 Å². The van der Waals surface area contributed by atoms with Gasteiger partial charge in [-0.3, -0.25) is 14.4 Å². The molecular weight excluding hydrogens is 434 g/mol. The third-order valence-electron chi connectivity index (χ3n) is 1.41. The Morgan fingerprint density at radius 2 is 1.24 bits per heavy atom. The summed E-state index contributed by atoms with van der Waals surface area (Å²) in [5.41, 5.74) is 6.27. The molecule has 0 heterocycles. The van der Waals surface area contributed by atoms with E-state index in [-0.39, 0.29) is 112 Å². The monoisotopic (exact) mass is 456 g/mol. The number of carboxylic acids is 2. The Bertz CT molecular complexity index is 286. The Labute approximate surface area is 175 Å². The molecule has 0 saturated heterocycles. The molecule has 21 heavy (non-hydrogen) atoms. The molecule has 10 heteroatoms. The van der Waals surface area contributed by atoms with Crippen molar-refractivity contribution in [3.63, 3.8) is 0 Å². The van der Waals surface area contributed by atoms with Gasteiger partial charge in [0, 0.05) is 84.8 Å². The van der Waals surface area contributed by atoms with Crippen molar-refractivity contribution in [3.05, 3.63) is 13.2 Å². The first-order chi connectivity index (χ1) is 7.79. The van der Waals surface area contributed by atoms with Crippen LogP contribution < -0.4 is 5.32 Å². The van der Waals surface area contributed by atoms with Crippen LogP contribution in [0.25, 0.3) is 5.73 Å². The van der Waals surface area contributed by atoms with Crippen LogP contribution >= 0.6 is 0 Å². The van der Waals surface area contributed by atoms with Crippen LogP contribution in [-0.4, -0.2) is 41.0 Å². The number of amides is 2. The van der Waals surface area contributed by atoms with E-state index in [1.165, 1.54) is 7.05 Å². The molecule has 4 N–H and O–H groups in total. The fraction of sp³-hybridized carbons (Fsp3) is 0.545. The molecule has 0 aliphatic carbocycles. The molecule has 0 fully saturated rings. The fourth-order valence-electron chi connectivity index (χ4n) is 0.566. The maximum atomic E-state index is 10.3. The van der Waals surface area contributed by atoms with E-state index >= 15 is 0 Å². The summed E-state index contributed by atoms with van der Waals surface area (Å²) >= 11 is 0. The molecule has 0 aromatic rings. The fourth-order valence-corrected chi connectivity index (χ4v) is 0.566. The van der Waals surface area contributed by atoms with E-state index in [9.17, 15) is 19.2 Å². The first-order valence-corrected chi connectivity index (χ1v) is 4.68. The van der Waals surface area contributed by atoms with Crippen LogP contribution in [-0.2, 0) is 84.6 Å². The largest absolute Gasteiger partial charge is 0.668 e. The number of carbonyl (C=O) groups is 4. The molecular formula is C11H22N2O6Y2-2. The maximum absolute atomic E-state index is 10.3. The first kappa shape index (κ1) is 37.4. The predicted molar refractivity (Wildman–Crippen MR) is 70.3 cm³/mol. The second-order valence-electron chi connectivity index (χ2n) is 2.88. The summed E-state index contributed by atoms with van der Waals surface area (Å²) in [5.74, 6) is -3.05. The van der Waals surface area contributed by atoms with Crippen LogP contribution in [0, 0.1) is 7.43 Å². The molecule has 0 rings (SSSR count). The number of carboxylic acid groups (broad SMARTS) is 2. The second-order valence-corrected chi connectivity index (χ2v) is 2.88. The van der Waals surface area contributed by atoms with E-state index in [0.717, 1.165) is 0 Å². The molecule has 0 atom stereocenters. The average Bonchev–Trinajstić information content (AvgIpc) is 2.23. The summed E-state index contributed by atoms with van der Waals surface area (Å²) in [5, 5.41) is 18.3. The summed E-state index contributed by atoms with van der Waals surface area (Å²) in [6, 6.07) is 0. The van der Waals surface area contributed by atoms with Crippen LogP contribution in [0.3, 0.4) is 0 Å². The van der Waals surface area contributed by atoms with E-state index in [1.54, 1.807) is 0 Å². The third-order valence-corrected chi connectivity index (χ3v) is 1.41. The molecule has 0 aromatic heterocycles. The van der Waals surface area contributed by atoms with Crippen molar-refractivity contribution < 1.29 is 94.8 Å². The Kier molecular flexibility index (Phi) is 44.6. The van der Waals surface area contributed by atoms with Gasteiger partial charge in [-0.2, -0.15) is 0 Å². The number of aliphatic carboxylic acids is 2. The number of hydrogen-bond acceptors (Lipinski definition) is 4. The summed E-state index contributed by atoms with van der Waals surface area (Å²) < 4.78 is 0. The van der Waals surface area contributed by atoms with E-state index in [0.29, 0.717) is 0 Å². The Morgan fingerprint density at radius 1 is 0.905 bits per heavy atom. The number of rotatable bonds is 6. The topological polar surface area (TPSA) is 145 Å². The van der Waals surface area contributed by atoms with Crippen molar-refractivity contribution >= 4 is 23.8 Å². The van der Waals surface area contributed by atoms with Crippen LogP contribution in [0.4, 0.5) is 0 Å². The van der Waals surface area contributed by atoms with Crippen molar-refractivity contribution in [2.75, 3.05) is 7.05 Å². The molecule has 0 aliphatic rings. The minimum Gasteiger partial charge on any atom is -0.668 e. The van der Waals surface area contributed by atoms with Gasteiger partial charge in [0.25, 0.3) is 0 Å². The molecule has 2 amide bonds. The Morgan fingerprint density at radius 3 is 1.43 bits per heavy atom. The summed E-state index contributed by atoms with van der Waals surface area (Å²) in [7, 11) is 1.48. The van der Waals surface area contributed by atoms with Gasteiger partial charge >= 0.3 is 11.9 Å². The van der Waals surface area contributed by atoms with E-state index < -0.39 is 17.8 Å². The number of nitrogens with one attached hydrogen (secondary N) is 2. The SMILES string of the molecule is C.CNC(=O)CCC(=O)O.[CH3-].[NH-]C(=O)CCC(=O)O.[Y].[Y]. The van der Waals surface area contributed by atoms with Gasteiger partial charge in [0.15, 0.2) is 0 Å². The minimum atomic E-state index is -1.04. The molecule has 8 nitrogen and oxygen atoms in total. The summed E-state index contributed by atoms with van der Waals surface area (Å²) in [6.45, 7) is 0. The smallest absolute Gasteiger partial charge is 0.303 e. The van der Waals surface area contributed by atoms with Crippen LogP contribution in [0.15, 0.2) is 0 Å². The second kappa shape index (κ2) is 25.1. The van der Waals surface area contributed by atoms with E-state index in [4.69, 9.17) is 15.9 Å². The zero-order chi connectivity index (χ0) is 13.8. The van der Waals surface area contributed by atoms with Crippen LogP contribution in [0.5, 0.6) is 0 Å². The van der Waals surface area contributed by atoms with Gasteiger partial charge in [0.05, 0.1) is 12.8 Å². The zero-order valence-corrected chi connectivity index (χ0v) is 17.2. The Balaban J connectivity index is -0.0000000452. The van der Waals surface area contributed by atoms with Crippen LogP contribution in [0.1, 0.15) is 33.1 Å². The Hall–Kier alpha value is 0.0878. The zero-order valence-electron chi connectivity index (χ0n) is 11.5. The number of hydrogen-bond donors (Lipinski definition) is 3. The van der Waals surface area contributed by atoms with Crippen molar-refractivity contribution in [1.82, 2.24) is 5.32 Å². The number of carbonyl (C=O) groups excluding carboxylic acids is 2. The summed E-state index contributed by atoms with van der Waals surface area (Å²) in [4.78, 5) is 39.6. The molecule has 2 radical (unpaired) electrons. The third kappa shape index (κ3) is 45.0. The molecule has 0 aromatic carbocycles. The quantitative estimate of drug-likeness (QED) is 0.511. The van der Waals surface area contributed by atoms with Gasteiger partial charge in [0.2, 0.25) is 5.91 Å². The van der Waals surface area contributed by atoms with Gasteiger partial charge in [-0.15, -0.1) is 0 Å². The standard InChI is InChI=1S/C5H9NO3.C4H7NO3.CH4.CH3.2Y/c1-6-4(7)2-3-5(8)9;5-3(6)1-2-4(7)8;;;;/h2-3H2,1H3,(H,6,7)(H,8,9);1-2H2,(H3,5,6,7,8);1H4;1H3;;/q;;;-1;;/p-1. The van der Waals surface area contributed by atoms with Crippen molar-refractivity contribution in [1.29, 1.82) is 0 Å². The van der Waals surface area contributed by atoms with Gasteiger partial charge in [0.1, 0.15) is 0 Å². The van der Waals surface area contributed by atoms with Crippen LogP contribution in [0.2, 0.25) is 0 Å². The van der Waals surface area contributed by atoms with E-state index in [1.807, 2.05) is 0 Å². The predicted octanol–water partition coefficient (Wildman–Crippen LogP) is 1.11. The average molecular weight is 456 g/mol. The van der Waals surface area contributed by atoms with Gasteiger partial charge in [-0.25, -0.2) is 0 Å². The van der Waals surface area contributed by atoms with Crippen molar-refractivity contribution in [2.24, 2.45) is 0 Å². The van der Waals surface area contributed by atoms with E-state index in [2.05, 4.69) is 5.32 Å². The summed E-state index contributed by atoms with van der Waals surface area (Å²) in [6.07, 6.45) is -0.455. The van der Waals surface area contributed by atoms with Gasteiger partial charge in [-0.1, -0.05) is 7.43 Å². The van der Waals surface area contributed by atoms with Gasteiger partial charge in [-0.05, 0) is 6.42 Å². The molecule has 0 spiro atoms. The normalized spacial score (nSPS) is 6.90. The maximum Gasteiger partial charge on any atom is 0.303 e. The first-order valence-electron chi connectivity index (χ1n) is 4.68. The molecule has 120 valence electrons.